The molecule has 1 heterocycles. The Morgan fingerprint density at radius 3 is 2.79 bits per heavy atom. The molecule has 1 aliphatic heterocycles. The summed E-state index contributed by atoms with van der Waals surface area (Å²) in [4.78, 5) is 4.14. The number of aliphatic imine (C=N–C) groups is 1. The van der Waals surface area contributed by atoms with E-state index in [0.717, 1.165) is 58.1 Å². The van der Waals surface area contributed by atoms with Crippen LogP contribution in [0.15, 0.2) is 4.99 Å². The summed E-state index contributed by atoms with van der Waals surface area (Å²) in [7, 11) is 1.79. The Morgan fingerprint density at radius 2 is 2.16 bits per heavy atom. The van der Waals surface area contributed by atoms with Gasteiger partial charge in [0, 0.05) is 33.4 Å². The second-order valence-electron chi connectivity index (χ2n) is 4.49. The molecule has 2 N–H and O–H groups in total. The molecule has 1 atom stereocenters. The number of ether oxygens (including phenoxy) is 2. The normalized spacial score (nSPS) is 19.1. The smallest absolute Gasteiger partial charge is 0.190 e. The predicted octanol–water partition coefficient (Wildman–Crippen LogP) is 1.77. The van der Waals surface area contributed by atoms with E-state index < -0.39 is 0 Å². The molecule has 0 amide bonds. The number of nitrogens with one attached hydrogen (secondary N) is 2. The van der Waals surface area contributed by atoms with E-state index in [1.807, 2.05) is 0 Å². The van der Waals surface area contributed by atoms with Crippen molar-refractivity contribution < 1.29 is 9.47 Å². The van der Waals surface area contributed by atoms with Crippen molar-refractivity contribution in [2.45, 2.75) is 38.7 Å². The quantitative estimate of drug-likeness (QED) is 0.290. The second kappa shape index (κ2) is 12.9. The van der Waals surface area contributed by atoms with Gasteiger partial charge in [-0.1, -0.05) is 6.92 Å². The molecule has 1 saturated heterocycles. The first-order valence-corrected chi connectivity index (χ1v) is 7.00. The Balaban J connectivity index is 0.00000324. The van der Waals surface area contributed by atoms with Crippen LogP contribution in [0.5, 0.6) is 0 Å². The Bertz CT molecular complexity index is 234. The van der Waals surface area contributed by atoms with Crippen LogP contribution in [0.4, 0.5) is 0 Å². The molecule has 0 radical (unpaired) electrons. The molecule has 1 fully saturated rings. The van der Waals surface area contributed by atoms with Gasteiger partial charge in [-0.05, 0) is 25.7 Å². The number of rotatable bonds is 8. The first kappa shape index (κ1) is 18.9. The van der Waals surface area contributed by atoms with Crippen molar-refractivity contribution in [2.24, 2.45) is 4.99 Å². The lowest BCUT2D eigenvalue weighted by molar-refractivity contribution is 0.0168. The third kappa shape index (κ3) is 9.45. The molecule has 1 aliphatic rings. The van der Waals surface area contributed by atoms with Gasteiger partial charge in [0.2, 0.25) is 0 Å². The van der Waals surface area contributed by atoms with E-state index >= 15 is 0 Å². The van der Waals surface area contributed by atoms with Crippen molar-refractivity contribution in [1.29, 1.82) is 0 Å². The standard InChI is InChI=1S/C13H27N3O2.HI/c1-3-7-15-13(14-2)16-8-5-9-17-11-12-6-4-10-18-12;/h12H,3-11H2,1-2H3,(H2,14,15,16);1H. The van der Waals surface area contributed by atoms with Gasteiger partial charge in [0.15, 0.2) is 5.96 Å². The first-order chi connectivity index (χ1) is 8.86. The second-order valence-corrected chi connectivity index (χ2v) is 4.49. The van der Waals surface area contributed by atoms with E-state index in [2.05, 4.69) is 22.5 Å². The summed E-state index contributed by atoms with van der Waals surface area (Å²) in [6.07, 6.45) is 4.74. The summed E-state index contributed by atoms with van der Waals surface area (Å²) in [5.74, 6) is 0.871. The van der Waals surface area contributed by atoms with E-state index in [-0.39, 0.29) is 24.0 Å². The SMILES string of the molecule is CCCNC(=NC)NCCCOCC1CCCO1.I. The van der Waals surface area contributed by atoms with Gasteiger partial charge in [0.05, 0.1) is 12.7 Å². The molecule has 0 bridgehead atoms. The van der Waals surface area contributed by atoms with Crippen LogP contribution in [0.3, 0.4) is 0 Å². The van der Waals surface area contributed by atoms with Crippen LogP contribution >= 0.6 is 24.0 Å². The number of hydrogen-bond donors (Lipinski definition) is 2. The van der Waals surface area contributed by atoms with Crippen LogP contribution < -0.4 is 10.6 Å². The Labute approximate surface area is 133 Å². The van der Waals surface area contributed by atoms with E-state index in [4.69, 9.17) is 9.47 Å². The van der Waals surface area contributed by atoms with Crippen molar-refractivity contribution in [3.8, 4) is 0 Å². The molecule has 0 spiro atoms. The van der Waals surface area contributed by atoms with Crippen LogP contribution in [0.1, 0.15) is 32.6 Å². The molecule has 0 aromatic heterocycles. The summed E-state index contributed by atoms with van der Waals surface area (Å²) in [6, 6.07) is 0. The van der Waals surface area contributed by atoms with E-state index in [1.165, 1.54) is 6.42 Å². The number of hydrogen-bond acceptors (Lipinski definition) is 3. The minimum atomic E-state index is 0. The Morgan fingerprint density at radius 1 is 1.37 bits per heavy atom. The molecule has 0 aromatic carbocycles. The number of guanidine groups is 1. The van der Waals surface area contributed by atoms with Crippen molar-refractivity contribution in [3.05, 3.63) is 0 Å². The number of nitrogens with zero attached hydrogens (tertiary/aromatic N) is 1. The zero-order valence-electron chi connectivity index (χ0n) is 12.1. The Kier molecular flexibility index (Phi) is 12.9. The highest BCUT2D eigenvalue weighted by molar-refractivity contribution is 14.0. The third-order valence-corrected chi connectivity index (χ3v) is 2.85. The third-order valence-electron chi connectivity index (χ3n) is 2.85. The Hall–Kier alpha value is -0.0800. The summed E-state index contributed by atoms with van der Waals surface area (Å²) in [6.45, 7) is 6.39. The van der Waals surface area contributed by atoms with Crippen molar-refractivity contribution in [3.63, 3.8) is 0 Å². The van der Waals surface area contributed by atoms with E-state index in [9.17, 15) is 0 Å². The van der Waals surface area contributed by atoms with Crippen LogP contribution in [0.25, 0.3) is 0 Å². The fourth-order valence-corrected chi connectivity index (χ4v) is 1.84. The average molecular weight is 385 g/mol. The van der Waals surface area contributed by atoms with Gasteiger partial charge >= 0.3 is 0 Å². The van der Waals surface area contributed by atoms with Gasteiger partial charge in [-0.3, -0.25) is 4.99 Å². The lowest BCUT2D eigenvalue weighted by Gasteiger charge is -2.12. The topological polar surface area (TPSA) is 54.9 Å². The summed E-state index contributed by atoms with van der Waals surface area (Å²) in [5, 5.41) is 6.49. The van der Waals surface area contributed by atoms with Crippen LogP contribution in [0, 0.1) is 0 Å². The molecular formula is C13H28IN3O2. The molecule has 6 heteroatoms. The predicted molar refractivity (Wildman–Crippen MR) is 89.5 cm³/mol. The molecule has 114 valence electrons. The zero-order valence-corrected chi connectivity index (χ0v) is 14.4. The van der Waals surface area contributed by atoms with E-state index in [0.29, 0.717) is 6.10 Å². The maximum absolute atomic E-state index is 5.59. The number of halogens is 1. The van der Waals surface area contributed by atoms with Crippen molar-refractivity contribution >= 4 is 29.9 Å². The van der Waals surface area contributed by atoms with E-state index in [1.54, 1.807) is 7.05 Å². The van der Waals surface area contributed by atoms with Crippen LogP contribution in [0.2, 0.25) is 0 Å². The maximum atomic E-state index is 5.59. The molecular weight excluding hydrogens is 357 g/mol. The molecule has 1 unspecified atom stereocenters. The largest absolute Gasteiger partial charge is 0.379 e. The fourth-order valence-electron chi connectivity index (χ4n) is 1.84. The van der Waals surface area contributed by atoms with Gasteiger partial charge in [-0.2, -0.15) is 0 Å². The minimum Gasteiger partial charge on any atom is -0.379 e. The van der Waals surface area contributed by atoms with Crippen LogP contribution in [-0.2, 0) is 9.47 Å². The monoisotopic (exact) mass is 385 g/mol. The summed E-state index contributed by atoms with van der Waals surface area (Å²) < 4.78 is 11.1. The zero-order chi connectivity index (χ0) is 13.1. The van der Waals surface area contributed by atoms with Gasteiger partial charge in [0.25, 0.3) is 0 Å². The van der Waals surface area contributed by atoms with Crippen molar-refractivity contribution in [2.75, 3.05) is 40.0 Å². The van der Waals surface area contributed by atoms with Gasteiger partial charge in [-0.15, -0.1) is 24.0 Å². The highest BCUT2D eigenvalue weighted by atomic mass is 127. The molecule has 5 nitrogen and oxygen atoms in total. The lowest BCUT2D eigenvalue weighted by atomic mass is 10.2. The van der Waals surface area contributed by atoms with Gasteiger partial charge in [0.1, 0.15) is 0 Å². The summed E-state index contributed by atoms with van der Waals surface area (Å²) >= 11 is 0. The average Bonchev–Trinajstić information content (AvgIpc) is 2.90. The highest BCUT2D eigenvalue weighted by Gasteiger charge is 2.14. The van der Waals surface area contributed by atoms with Crippen molar-refractivity contribution in [1.82, 2.24) is 10.6 Å². The van der Waals surface area contributed by atoms with Crippen LogP contribution in [-0.4, -0.2) is 52.0 Å². The van der Waals surface area contributed by atoms with Gasteiger partial charge in [-0.25, -0.2) is 0 Å². The lowest BCUT2D eigenvalue weighted by Crippen LogP contribution is -2.38. The molecule has 0 aromatic rings. The minimum absolute atomic E-state index is 0. The maximum Gasteiger partial charge on any atom is 0.190 e. The first-order valence-electron chi connectivity index (χ1n) is 7.00. The molecule has 0 saturated carbocycles. The molecule has 1 rings (SSSR count). The fraction of sp³-hybridized carbons (Fsp3) is 0.923. The molecule has 0 aliphatic carbocycles. The molecule has 19 heavy (non-hydrogen) atoms. The van der Waals surface area contributed by atoms with Gasteiger partial charge < -0.3 is 20.1 Å². The highest BCUT2D eigenvalue weighted by Crippen LogP contribution is 2.11. The summed E-state index contributed by atoms with van der Waals surface area (Å²) in [5.41, 5.74) is 0.